The van der Waals surface area contributed by atoms with Gasteiger partial charge in [-0.2, -0.15) is 0 Å². The van der Waals surface area contributed by atoms with Crippen LogP contribution in [0.15, 0.2) is 5.16 Å². The topological polar surface area (TPSA) is 100 Å². The monoisotopic (exact) mass is 272 g/mol. The predicted octanol–water partition coefficient (Wildman–Crippen LogP) is -0.260. The number of hydrogen-bond donors (Lipinski definition) is 3. The zero-order chi connectivity index (χ0) is 14.1. The van der Waals surface area contributed by atoms with Crippen LogP contribution in [0, 0.1) is 0 Å². The minimum absolute atomic E-state index is 0.0448. The maximum Gasteiger partial charge on any atom is 0.222 e. The summed E-state index contributed by atoms with van der Waals surface area (Å²) in [6, 6.07) is 0.220. The molecule has 1 aliphatic heterocycles. The quantitative estimate of drug-likeness (QED) is 0.195. The summed E-state index contributed by atoms with van der Waals surface area (Å²) in [6.45, 7) is 5.18. The molecule has 4 N–H and O–H groups in total. The van der Waals surface area contributed by atoms with Crippen LogP contribution in [0.25, 0.3) is 0 Å². The summed E-state index contributed by atoms with van der Waals surface area (Å²) < 4.78 is 5.15. The van der Waals surface area contributed by atoms with Crippen molar-refractivity contribution >= 4 is 11.7 Å². The molecule has 0 unspecified atom stereocenters. The van der Waals surface area contributed by atoms with E-state index in [2.05, 4.69) is 15.4 Å². The van der Waals surface area contributed by atoms with Gasteiger partial charge in [-0.25, -0.2) is 0 Å². The molecule has 1 amide bonds. The number of nitrogens with two attached hydrogens (primary N) is 1. The normalized spacial score (nSPS) is 18.5. The largest absolute Gasteiger partial charge is 0.409 e. The van der Waals surface area contributed by atoms with E-state index in [9.17, 15) is 4.79 Å². The number of amidine groups is 1. The van der Waals surface area contributed by atoms with Gasteiger partial charge in [-0.3, -0.25) is 9.69 Å². The van der Waals surface area contributed by atoms with Gasteiger partial charge in [-0.15, -0.1) is 0 Å². The summed E-state index contributed by atoms with van der Waals surface area (Å²) in [5.41, 5.74) is 5.46. The highest BCUT2D eigenvalue weighted by atomic mass is 16.5. The standard InChI is InChI=1S/C12H24N4O3/c1-2-19-8-5-12(17)14-10-3-6-16(7-4-10)9-11(13)15-18/h10,18H,2-9H2,1H3,(H2,13,15)(H,14,17). The van der Waals surface area contributed by atoms with Gasteiger partial charge < -0.3 is 21.0 Å². The van der Waals surface area contributed by atoms with E-state index >= 15 is 0 Å². The van der Waals surface area contributed by atoms with Crippen LogP contribution >= 0.6 is 0 Å². The summed E-state index contributed by atoms with van der Waals surface area (Å²) in [6.07, 6.45) is 2.19. The predicted molar refractivity (Wildman–Crippen MR) is 72.1 cm³/mol. The van der Waals surface area contributed by atoms with Gasteiger partial charge in [0.05, 0.1) is 13.2 Å². The smallest absolute Gasteiger partial charge is 0.222 e. The molecule has 1 saturated heterocycles. The molecule has 110 valence electrons. The Morgan fingerprint density at radius 1 is 1.53 bits per heavy atom. The van der Waals surface area contributed by atoms with Crippen molar-refractivity contribution in [1.82, 2.24) is 10.2 Å². The third-order valence-corrected chi connectivity index (χ3v) is 3.14. The van der Waals surface area contributed by atoms with Crippen molar-refractivity contribution in [3.63, 3.8) is 0 Å². The first kappa shape index (κ1) is 15.7. The lowest BCUT2D eigenvalue weighted by Gasteiger charge is -2.31. The molecule has 7 nitrogen and oxygen atoms in total. The van der Waals surface area contributed by atoms with Gasteiger partial charge in [0.25, 0.3) is 0 Å². The summed E-state index contributed by atoms with van der Waals surface area (Å²) in [4.78, 5) is 13.7. The number of ether oxygens (including phenoxy) is 1. The third-order valence-electron chi connectivity index (χ3n) is 3.14. The molecule has 0 aromatic rings. The third kappa shape index (κ3) is 6.40. The fourth-order valence-corrected chi connectivity index (χ4v) is 2.11. The van der Waals surface area contributed by atoms with E-state index in [-0.39, 0.29) is 17.8 Å². The number of carbonyl (C=O) groups excluding carboxylic acids is 1. The zero-order valence-electron chi connectivity index (χ0n) is 11.5. The van der Waals surface area contributed by atoms with Crippen molar-refractivity contribution in [3.05, 3.63) is 0 Å². The van der Waals surface area contributed by atoms with Gasteiger partial charge >= 0.3 is 0 Å². The molecular weight excluding hydrogens is 248 g/mol. The molecule has 19 heavy (non-hydrogen) atoms. The van der Waals surface area contributed by atoms with E-state index in [0.29, 0.717) is 26.2 Å². The average molecular weight is 272 g/mol. The second kappa shape index (κ2) is 8.71. The van der Waals surface area contributed by atoms with Crippen LogP contribution in [0.3, 0.4) is 0 Å². The summed E-state index contributed by atoms with van der Waals surface area (Å²) >= 11 is 0. The van der Waals surface area contributed by atoms with E-state index in [4.69, 9.17) is 15.7 Å². The van der Waals surface area contributed by atoms with Gasteiger partial charge in [-0.05, 0) is 19.8 Å². The molecule has 0 aliphatic carbocycles. The lowest BCUT2D eigenvalue weighted by atomic mass is 10.0. The Balaban J connectivity index is 2.17. The number of rotatable bonds is 7. The lowest BCUT2D eigenvalue weighted by Crippen LogP contribution is -2.46. The number of nitrogens with zero attached hydrogens (tertiary/aromatic N) is 2. The van der Waals surface area contributed by atoms with Crippen molar-refractivity contribution in [2.45, 2.75) is 32.2 Å². The van der Waals surface area contributed by atoms with Crippen LogP contribution in [0.5, 0.6) is 0 Å². The van der Waals surface area contributed by atoms with Crippen LogP contribution in [0.2, 0.25) is 0 Å². The van der Waals surface area contributed by atoms with Gasteiger partial charge in [0.15, 0.2) is 5.84 Å². The highest BCUT2D eigenvalue weighted by molar-refractivity contribution is 5.81. The number of nitrogens with one attached hydrogen (secondary N) is 1. The second-order valence-electron chi connectivity index (χ2n) is 4.66. The Kier molecular flexibility index (Phi) is 7.20. The number of oxime groups is 1. The molecular formula is C12H24N4O3. The number of likely N-dealkylation sites (tertiary alicyclic amines) is 1. The molecule has 1 heterocycles. The minimum Gasteiger partial charge on any atom is -0.409 e. The maximum absolute atomic E-state index is 11.6. The van der Waals surface area contributed by atoms with Crippen LogP contribution in [-0.4, -0.2) is 60.7 Å². The fraction of sp³-hybridized carbons (Fsp3) is 0.833. The molecule has 0 spiro atoms. The Morgan fingerprint density at radius 2 is 2.21 bits per heavy atom. The molecule has 0 aromatic heterocycles. The van der Waals surface area contributed by atoms with E-state index in [1.165, 1.54) is 0 Å². The number of piperidine rings is 1. The van der Waals surface area contributed by atoms with Gasteiger partial charge in [0.2, 0.25) is 5.91 Å². The van der Waals surface area contributed by atoms with Crippen LogP contribution < -0.4 is 11.1 Å². The number of carbonyl (C=O) groups is 1. The van der Waals surface area contributed by atoms with E-state index < -0.39 is 0 Å². The molecule has 0 bridgehead atoms. The van der Waals surface area contributed by atoms with Crippen molar-refractivity contribution < 1.29 is 14.7 Å². The van der Waals surface area contributed by atoms with E-state index in [1.54, 1.807) is 0 Å². The molecule has 0 atom stereocenters. The molecule has 1 aliphatic rings. The lowest BCUT2D eigenvalue weighted by molar-refractivity contribution is -0.123. The highest BCUT2D eigenvalue weighted by Gasteiger charge is 2.20. The van der Waals surface area contributed by atoms with Crippen LogP contribution in [0.4, 0.5) is 0 Å². The molecule has 0 aromatic carbocycles. The first-order valence-corrected chi connectivity index (χ1v) is 6.71. The SMILES string of the molecule is CCOCCC(=O)NC1CCN(CC(N)=NO)CC1. The van der Waals surface area contributed by atoms with Crippen molar-refractivity contribution in [2.75, 3.05) is 32.8 Å². The van der Waals surface area contributed by atoms with Crippen molar-refractivity contribution in [1.29, 1.82) is 0 Å². The van der Waals surface area contributed by atoms with Gasteiger partial charge in [0, 0.05) is 32.2 Å². The summed E-state index contributed by atoms with van der Waals surface area (Å²) in [7, 11) is 0. The fourth-order valence-electron chi connectivity index (χ4n) is 2.11. The Hall–Kier alpha value is -1.34. The first-order chi connectivity index (χ1) is 9.15. The number of hydrogen-bond acceptors (Lipinski definition) is 5. The van der Waals surface area contributed by atoms with Gasteiger partial charge in [-0.1, -0.05) is 5.16 Å². The molecule has 1 fully saturated rings. The summed E-state index contributed by atoms with van der Waals surface area (Å²) in [5, 5.41) is 14.5. The molecule has 1 rings (SSSR count). The molecule has 0 radical (unpaired) electrons. The van der Waals surface area contributed by atoms with Crippen molar-refractivity contribution in [3.8, 4) is 0 Å². The van der Waals surface area contributed by atoms with E-state index in [0.717, 1.165) is 25.9 Å². The maximum atomic E-state index is 11.6. The Bertz CT molecular complexity index is 301. The van der Waals surface area contributed by atoms with E-state index in [1.807, 2.05) is 6.92 Å². The van der Waals surface area contributed by atoms with Crippen LogP contribution in [-0.2, 0) is 9.53 Å². The Labute approximate surface area is 113 Å². The average Bonchev–Trinajstić information content (AvgIpc) is 2.41. The molecule has 7 heteroatoms. The van der Waals surface area contributed by atoms with Gasteiger partial charge in [0.1, 0.15) is 0 Å². The first-order valence-electron chi connectivity index (χ1n) is 6.71. The summed E-state index contributed by atoms with van der Waals surface area (Å²) in [5.74, 6) is 0.266. The second-order valence-corrected chi connectivity index (χ2v) is 4.66. The number of amides is 1. The highest BCUT2D eigenvalue weighted by Crippen LogP contribution is 2.10. The molecule has 0 saturated carbocycles. The van der Waals surface area contributed by atoms with Crippen LogP contribution in [0.1, 0.15) is 26.2 Å². The minimum atomic E-state index is 0.0448. The zero-order valence-corrected chi connectivity index (χ0v) is 11.5. The Morgan fingerprint density at radius 3 is 2.79 bits per heavy atom. The van der Waals surface area contributed by atoms with Crippen molar-refractivity contribution in [2.24, 2.45) is 10.9 Å².